The number of esters is 1. The smallest absolute Gasteiger partial charge is 0.311 e. The first-order chi connectivity index (χ1) is 8.93. The Hall–Kier alpha value is -1.07. The van der Waals surface area contributed by atoms with E-state index in [1.807, 2.05) is 6.92 Å². The van der Waals surface area contributed by atoms with Crippen LogP contribution in [0, 0.1) is 12.8 Å². The highest BCUT2D eigenvalue weighted by molar-refractivity contribution is 9.10. The molecule has 1 heterocycles. The van der Waals surface area contributed by atoms with Crippen LogP contribution in [-0.4, -0.2) is 25.5 Å². The number of halogens is 2. The highest BCUT2D eigenvalue weighted by Crippen LogP contribution is 2.36. The van der Waals surface area contributed by atoms with Crippen molar-refractivity contribution in [2.45, 2.75) is 13.3 Å². The molecule has 1 atom stereocenters. The van der Waals surface area contributed by atoms with Crippen LogP contribution in [0.15, 0.2) is 16.6 Å². The van der Waals surface area contributed by atoms with E-state index in [4.69, 9.17) is 16.3 Å². The third-order valence-corrected chi connectivity index (χ3v) is 3.97. The topological polar surface area (TPSA) is 46.6 Å². The van der Waals surface area contributed by atoms with Gasteiger partial charge in [0.25, 0.3) is 0 Å². The number of carbonyl (C=O) groups excluding carboxylic acids is 2. The Morgan fingerprint density at radius 2 is 2.21 bits per heavy atom. The van der Waals surface area contributed by atoms with E-state index in [-0.39, 0.29) is 18.3 Å². The zero-order valence-electron chi connectivity index (χ0n) is 10.6. The minimum atomic E-state index is -0.403. The Morgan fingerprint density at radius 1 is 1.53 bits per heavy atom. The van der Waals surface area contributed by atoms with Gasteiger partial charge in [0.05, 0.1) is 18.7 Å². The SMILES string of the molecule is COC(=O)C1CC(=O)N(c2c(C)cc(Cl)cc2Br)C1. The summed E-state index contributed by atoms with van der Waals surface area (Å²) in [5, 5.41) is 0.601. The average molecular weight is 347 g/mol. The van der Waals surface area contributed by atoms with Crippen LogP contribution in [0.25, 0.3) is 0 Å². The van der Waals surface area contributed by atoms with Gasteiger partial charge < -0.3 is 9.64 Å². The zero-order valence-corrected chi connectivity index (χ0v) is 12.9. The fraction of sp³-hybridized carbons (Fsp3) is 0.385. The largest absolute Gasteiger partial charge is 0.469 e. The molecule has 6 heteroatoms. The predicted molar refractivity (Wildman–Crippen MR) is 76.4 cm³/mol. The molecule has 1 amide bonds. The van der Waals surface area contributed by atoms with E-state index in [0.717, 1.165) is 15.7 Å². The van der Waals surface area contributed by atoms with Crippen molar-refractivity contribution >= 4 is 45.1 Å². The highest BCUT2D eigenvalue weighted by Gasteiger charge is 2.37. The minimum absolute atomic E-state index is 0.0819. The van der Waals surface area contributed by atoms with Crippen molar-refractivity contribution < 1.29 is 14.3 Å². The van der Waals surface area contributed by atoms with Gasteiger partial charge in [0.15, 0.2) is 0 Å². The van der Waals surface area contributed by atoms with Crippen molar-refractivity contribution in [1.82, 2.24) is 0 Å². The molecule has 1 unspecified atom stereocenters. The van der Waals surface area contributed by atoms with Gasteiger partial charge in [-0.3, -0.25) is 9.59 Å². The van der Waals surface area contributed by atoms with Gasteiger partial charge in [-0.15, -0.1) is 0 Å². The molecule has 102 valence electrons. The molecule has 1 aromatic carbocycles. The van der Waals surface area contributed by atoms with Gasteiger partial charge in [-0.25, -0.2) is 0 Å². The van der Waals surface area contributed by atoms with E-state index in [2.05, 4.69) is 15.9 Å². The van der Waals surface area contributed by atoms with Crippen LogP contribution in [0.1, 0.15) is 12.0 Å². The van der Waals surface area contributed by atoms with Gasteiger partial charge >= 0.3 is 5.97 Å². The number of amides is 1. The monoisotopic (exact) mass is 345 g/mol. The first kappa shape index (κ1) is 14.3. The molecule has 19 heavy (non-hydrogen) atoms. The summed E-state index contributed by atoms with van der Waals surface area (Å²) >= 11 is 9.37. The number of hydrogen-bond acceptors (Lipinski definition) is 3. The molecule has 2 rings (SSSR count). The third-order valence-electron chi connectivity index (χ3n) is 3.15. The summed E-state index contributed by atoms with van der Waals surface area (Å²) in [5.74, 6) is -0.834. The Balaban J connectivity index is 2.33. The summed E-state index contributed by atoms with van der Waals surface area (Å²) in [4.78, 5) is 25.2. The van der Waals surface area contributed by atoms with E-state index >= 15 is 0 Å². The molecule has 0 N–H and O–H groups in total. The number of rotatable bonds is 2. The summed E-state index contributed by atoms with van der Waals surface area (Å²) in [7, 11) is 1.33. The van der Waals surface area contributed by atoms with Crippen molar-refractivity contribution in [3.8, 4) is 0 Å². The van der Waals surface area contributed by atoms with E-state index in [9.17, 15) is 9.59 Å². The lowest BCUT2D eigenvalue weighted by molar-refractivity contribution is -0.145. The van der Waals surface area contributed by atoms with Crippen molar-refractivity contribution in [2.75, 3.05) is 18.6 Å². The minimum Gasteiger partial charge on any atom is -0.469 e. The van der Waals surface area contributed by atoms with Crippen LogP contribution in [0.2, 0.25) is 5.02 Å². The van der Waals surface area contributed by atoms with Crippen LogP contribution in [0.5, 0.6) is 0 Å². The molecule has 1 aliphatic rings. The molecule has 0 aromatic heterocycles. The molecule has 1 fully saturated rings. The lowest BCUT2D eigenvalue weighted by Gasteiger charge is -2.20. The van der Waals surface area contributed by atoms with E-state index in [1.165, 1.54) is 7.11 Å². The lowest BCUT2D eigenvalue weighted by atomic mass is 10.1. The number of nitrogens with zero attached hydrogens (tertiary/aromatic N) is 1. The van der Waals surface area contributed by atoms with Crippen LogP contribution >= 0.6 is 27.5 Å². The van der Waals surface area contributed by atoms with Gasteiger partial charge in [0.1, 0.15) is 0 Å². The Labute approximate surface area is 124 Å². The first-order valence-corrected chi connectivity index (χ1v) is 6.95. The molecular formula is C13H13BrClNO3. The molecule has 1 aliphatic heterocycles. The van der Waals surface area contributed by atoms with Crippen molar-refractivity contribution in [3.63, 3.8) is 0 Å². The number of benzene rings is 1. The maximum atomic E-state index is 12.1. The van der Waals surface area contributed by atoms with Crippen LogP contribution in [0.4, 0.5) is 5.69 Å². The summed E-state index contributed by atoms with van der Waals surface area (Å²) in [6.07, 6.45) is 0.182. The Bertz CT molecular complexity index is 524. The van der Waals surface area contributed by atoms with E-state index < -0.39 is 5.92 Å². The van der Waals surface area contributed by atoms with Gasteiger partial charge in [-0.05, 0) is 40.5 Å². The summed E-state index contributed by atoms with van der Waals surface area (Å²) in [6, 6.07) is 3.53. The molecule has 0 saturated carbocycles. The highest BCUT2D eigenvalue weighted by atomic mass is 79.9. The summed E-state index contributed by atoms with van der Waals surface area (Å²) in [5.41, 5.74) is 1.65. The Kier molecular flexibility index (Phi) is 4.16. The molecule has 0 radical (unpaired) electrons. The molecule has 0 bridgehead atoms. The second kappa shape index (κ2) is 5.51. The lowest BCUT2D eigenvalue weighted by Crippen LogP contribution is -2.27. The van der Waals surface area contributed by atoms with Gasteiger partial charge in [-0.2, -0.15) is 0 Å². The molecular weight excluding hydrogens is 334 g/mol. The molecule has 1 saturated heterocycles. The third kappa shape index (κ3) is 2.77. The fourth-order valence-corrected chi connectivity index (χ4v) is 3.46. The fourth-order valence-electron chi connectivity index (χ4n) is 2.28. The average Bonchev–Trinajstić information content (AvgIpc) is 2.69. The maximum Gasteiger partial charge on any atom is 0.311 e. The van der Waals surface area contributed by atoms with Gasteiger partial charge in [0, 0.05) is 22.5 Å². The molecule has 4 nitrogen and oxygen atoms in total. The quantitative estimate of drug-likeness (QED) is 0.774. The second-order valence-corrected chi connectivity index (χ2v) is 5.77. The number of methoxy groups -OCH3 is 1. The van der Waals surface area contributed by atoms with Crippen molar-refractivity contribution in [1.29, 1.82) is 0 Å². The Morgan fingerprint density at radius 3 is 2.79 bits per heavy atom. The number of aryl methyl sites for hydroxylation is 1. The van der Waals surface area contributed by atoms with Crippen molar-refractivity contribution in [2.24, 2.45) is 5.92 Å². The maximum absolute atomic E-state index is 12.1. The number of ether oxygens (including phenoxy) is 1. The van der Waals surface area contributed by atoms with E-state index in [0.29, 0.717) is 11.6 Å². The summed E-state index contributed by atoms with van der Waals surface area (Å²) in [6.45, 7) is 2.22. The second-order valence-electron chi connectivity index (χ2n) is 4.48. The summed E-state index contributed by atoms with van der Waals surface area (Å²) < 4.78 is 5.44. The van der Waals surface area contributed by atoms with Crippen LogP contribution < -0.4 is 4.90 Å². The van der Waals surface area contributed by atoms with Crippen LogP contribution in [-0.2, 0) is 14.3 Å². The normalized spacial score (nSPS) is 18.8. The van der Waals surface area contributed by atoms with Crippen LogP contribution in [0.3, 0.4) is 0 Å². The number of hydrogen-bond donors (Lipinski definition) is 0. The van der Waals surface area contributed by atoms with E-state index in [1.54, 1.807) is 17.0 Å². The first-order valence-electron chi connectivity index (χ1n) is 5.78. The molecule has 0 aliphatic carbocycles. The number of carbonyl (C=O) groups is 2. The zero-order chi connectivity index (χ0) is 14.2. The van der Waals surface area contributed by atoms with Gasteiger partial charge in [0.2, 0.25) is 5.91 Å². The molecule has 1 aromatic rings. The van der Waals surface area contributed by atoms with Crippen molar-refractivity contribution in [3.05, 3.63) is 27.2 Å². The number of anilines is 1. The standard InChI is InChI=1S/C13H13BrClNO3/c1-7-3-9(15)5-10(14)12(7)16-6-8(4-11(16)17)13(18)19-2/h3,5,8H,4,6H2,1-2H3. The predicted octanol–water partition coefficient (Wildman–Crippen LogP) is 2.94. The molecule has 0 spiro atoms. The van der Waals surface area contributed by atoms with Gasteiger partial charge in [-0.1, -0.05) is 11.6 Å².